The minimum atomic E-state index is -0.820. The number of aromatic hydroxyl groups is 1. The van der Waals surface area contributed by atoms with Gasteiger partial charge in [0.15, 0.2) is 4.80 Å². The third kappa shape index (κ3) is 4.52. The number of para-hydroxylation sites is 1. The van der Waals surface area contributed by atoms with Gasteiger partial charge in [0.25, 0.3) is 5.56 Å². The van der Waals surface area contributed by atoms with Gasteiger partial charge in [0.2, 0.25) is 5.75 Å². The second-order valence-electron chi connectivity index (χ2n) is 8.28. The van der Waals surface area contributed by atoms with Gasteiger partial charge in [0, 0.05) is 11.6 Å². The van der Waals surface area contributed by atoms with E-state index in [1.165, 1.54) is 36.0 Å². The SMILES string of the molecule is COc1ccc([C@@H]2C(C(=O)OC(C)C)=C(C)N=c3s/c(=C/c4cccc([N+](=O)[O-])c4O)c(=O)n32)cc1. The summed E-state index contributed by atoms with van der Waals surface area (Å²) in [5, 5.41) is 21.6. The number of phenols is 1. The molecule has 0 amide bonds. The Morgan fingerprint density at radius 1 is 1.25 bits per heavy atom. The van der Waals surface area contributed by atoms with E-state index in [1.54, 1.807) is 45.0 Å². The van der Waals surface area contributed by atoms with Crippen LogP contribution >= 0.6 is 11.3 Å². The van der Waals surface area contributed by atoms with Crippen molar-refractivity contribution in [1.82, 2.24) is 4.57 Å². The van der Waals surface area contributed by atoms with Gasteiger partial charge >= 0.3 is 11.7 Å². The van der Waals surface area contributed by atoms with E-state index < -0.39 is 33.9 Å². The number of aromatic nitrogens is 1. The zero-order chi connectivity index (χ0) is 26.1. The molecule has 0 saturated carbocycles. The van der Waals surface area contributed by atoms with Crippen molar-refractivity contribution in [2.75, 3.05) is 7.11 Å². The van der Waals surface area contributed by atoms with Crippen molar-refractivity contribution in [2.24, 2.45) is 4.99 Å². The predicted octanol–water partition coefficient (Wildman–Crippen LogP) is 2.81. The van der Waals surface area contributed by atoms with Gasteiger partial charge in [-0.15, -0.1) is 0 Å². The van der Waals surface area contributed by atoms with Crippen molar-refractivity contribution in [2.45, 2.75) is 32.9 Å². The number of benzene rings is 2. The highest BCUT2D eigenvalue weighted by Gasteiger charge is 2.34. The van der Waals surface area contributed by atoms with Gasteiger partial charge in [-0.2, -0.15) is 0 Å². The number of fused-ring (bicyclic) bond motifs is 1. The van der Waals surface area contributed by atoms with E-state index in [2.05, 4.69) is 4.99 Å². The first-order chi connectivity index (χ1) is 17.1. The molecule has 0 saturated heterocycles. The van der Waals surface area contributed by atoms with Crippen LogP contribution in [0.25, 0.3) is 6.08 Å². The van der Waals surface area contributed by atoms with Crippen LogP contribution in [0.15, 0.2) is 63.5 Å². The monoisotopic (exact) mass is 509 g/mol. The molecule has 11 heteroatoms. The minimum Gasteiger partial charge on any atom is -0.502 e. The molecule has 4 rings (SSSR count). The van der Waals surface area contributed by atoms with Gasteiger partial charge in [-0.05, 0) is 44.5 Å². The molecule has 0 fully saturated rings. The van der Waals surface area contributed by atoms with Crippen LogP contribution in [-0.2, 0) is 9.53 Å². The summed E-state index contributed by atoms with van der Waals surface area (Å²) in [6.45, 7) is 5.14. The summed E-state index contributed by atoms with van der Waals surface area (Å²) < 4.78 is 12.3. The predicted molar refractivity (Wildman–Crippen MR) is 133 cm³/mol. The summed E-state index contributed by atoms with van der Waals surface area (Å²) in [7, 11) is 1.54. The summed E-state index contributed by atoms with van der Waals surface area (Å²) in [5.41, 5.74) is 0.464. The molecule has 1 aliphatic heterocycles. The number of esters is 1. The quantitative estimate of drug-likeness (QED) is 0.307. The highest BCUT2D eigenvalue weighted by molar-refractivity contribution is 7.07. The molecule has 36 heavy (non-hydrogen) atoms. The number of rotatable bonds is 6. The smallest absolute Gasteiger partial charge is 0.338 e. The average molecular weight is 510 g/mol. The van der Waals surface area contributed by atoms with Crippen LogP contribution in [-0.4, -0.2) is 33.8 Å². The topological polar surface area (TPSA) is 133 Å². The molecule has 186 valence electrons. The second kappa shape index (κ2) is 9.78. The van der Waals surface area contributed by atoms with Crippen LogP contribution in [0.1, 0.15) is 37.9 Å². The first-order valence-electron chi connectivity index (χ1n) is 11.0. The number of phenolic OH excluding ortho intramolecular Hbond substituents is 1. The Hall–Kier alpha value is -4.25. The Labute approximate surface area is 209 Å². The van der Waals surface area contributed by atoms with Crippen LogP contribution in [0.5, 0.6) is 11.5 Å². The molecule has 1 aromatic heterocycles. The maximum atomic E-state index is 13.6. The molecular weight excluding hydrogens is 486 g/mol. The zero-order valence-corrected chi connectivity index (χ0v) is 20.7. The molecule has 0 bridgehead atoms. The lowest BCUT2D eigenvalue weighted by Gasteiger charge is -2.25. The molecule has 10 nitrogen and oxygen atoms in total. The summed E-state index contributed by atoms with van der Waals surface area (Å²) in [6.07, 6.45) is 0.999. The van der Waals surface area contributed by atoms with Crippen molar-refractivity contribution in [3.05, 3.63) is 94.7 Å². The van der Waals surface area contributed by atoms with Gasteiger partial charge in [-0.1, -0.05) is 35.6 Å². The molecule has 1 N–H and O–H groups in total. The molecular formula is C25H23N3O7S. The van der Waals surface area contributed by atoms with E-state index in [1.807, 2.05) is 0 Å². The van der Waals surface area contributed by atoms with Crippen molar-refractivity contribution in [3.63, 3.8) is 0 Å². The highest BCUT2D eigenvalue weighted by atomic mass is 32.1. The Morgan fingerprint density at radius 2 is 1.94 bits per heavy atom. The van der Waals surface area contributed by atoms with Crippen LogP contribution in [0, 0.1) is 10.1 Å². The Kier molecular flexibility index (Phi) is 6.75. The molecule has 1 aliphatic rings. The fourth-order valence-electron chi connectivity index (χ4n) is 3.92. The third-order valence-corrected chi connectivity index (χ3v) is 6.53. The van der Waals surface area contributed by atoms with E-state index in [0.717, 1.165) is 11.3 Å². The van der Waals surface area contributed by atoms with Crippen molar-refractivity contribution >= 4 is 29.1 Å². The molecule has 1 atom stereocenters. The number of nitrogens with zero attached hydrogens (tertiary/aromatic N) is 3. The zero-order valence-electron chi connectivity index (χ0n) is 19.9. The number of methoxy groups -OCH3 is 1. The van der Waals surface area contributed by atoms with Crippen LogP contribution in [0.4, 0.5) is 5.69 Å². The minimum absolute atomic E-state index is 0.116. The number of carbonyl (C=O) groups is 1. The number of nitro groups is 1. The summed E-state index contributed by atoms with van der Waals surface area (Å²) in [6, 6.07) is 10.2. The number of hydrogen-bond acceptors (Lipinski definition) is 9. The van der Waals surface area contributed by atoms with Crippen molar-refractivity contribution in [3.8, 4) is 11.5 Å². The Balaban J connectivity index is 1.95. The first kappa shape index (κ1) is 24.9. The van der Waals surface area contributed by atoms with Crippen LogP contribution < -0.4 is 19.6 Å². The van der Waals surface area contributed by atoms with Gasteiger partial charge < -0.3 is 14.6 Å². The largest absolute Gasteiger partial charge is 0.502 e. The number of carbonyl (C=O) groups excluding carboxylic acids is 1. The number of nitro benzene ring substituents is 1. The Morgan fingerprint density at radius 3 is 2.56 bits per heavy atom. The molecule has 0 aliphatic carbocycles. The number of allylic oxidation sites excluding steroid dienone is 1. The van der Waals surface area contributed by atoms with E-state index in [9.17, 15) is 24.8 Å². The van der Waals surface area contributed by atoms with E-state index in [0.29, 0.717) is 21.8 Å². The molecule has 0 spiro atoms. The normalized spacial score (nSPS) is 15.5. The van der Waals surface area contributed by atoms with Crippen LogP contribution in [0.2, 0.25) is 0 Å². The van der Waals surface area contributed by atoms with Gasteiger partial charge in [-0.25, -0.2) is 9.79 Å². The maximum Gasteiger partial charge on any atom is 0.338 e. The summed E-state index contributed by atoms with van der Waals surface area (Å²) >= 11 is 1.05. The second-order valence-corrected chi connectivity index (χ2v) is 9.29. The van der Waals surface area contributed by atoms with E-state index in [4.69, 9.17) is 9.47 Å². The molecule has 3 aromatic rings. The van der Waals surface area contributed by atoms with Crippen LogP contribution in [0.3, 0.4) is 0 Å². The van der Waals surface area contributed by atoms with Crippen molar-refractivity contribution < 1.29 is 24.3 Å². The first-order valence-corrected chi connectivity index (χ1v) is 11.8. The Bertz CT molecular complexity index is 1570. The van der Waals surface area contributed by atoms with E-state index >= 15 is 0 Å². The van der Waals surface area contributed by atoms with Gasteiger partial charge in [0.05, 0.1) is 40.0 Å². The lowest BCUT2D eigenvalue weighted by Crippen LogP contribution is -2.40. The fraction of sp³-hybridized carbons (Fsp3) is 0.240. The number of thiazole rings is 1. The summed E-state index contributed by atoms with van der Waals surface area (Å²) in [4.78, 5) is 42.1. The average Bonchev–Trinajstić information content (AvgIpc) is 3.13. The lowest BCUT2D eigenvalue weighted by molar-refractivity contribution is -0.385. The fourth-order valence-corrected chi connectivity index (χ4v) is 4.95. The number of hydrogen-bond donors (Lipinski definition) is 1. The molecule has 2 heterocycles. The standard InChI is InChI=1S/C25H23N3O7S/c1-13(2)35-24(31)20-14(3)26-25-27(21(20)15-8-10-17(34-4)11-9-15)23(30)19(36-25)12-16-6-5-7-18(22(16)29)28(32)33/h5-13,21,29H,1-4H3/b19-12+/t21-/m1/s1. The number of ether oxygens (including phenoxy) is 2. The lowest BCUT2D eigenvalue weighted by atomic mass is 9.96. The van der Waals surface area contributed by atoms with E-state index in [-0.39, 0.29) is 21.8 Å². The summed E-state index contributed by atoms with van der Waals surface area (Å²) in [5.74, 6) is -0.519. The third-order valence-electron chi connectivity index (χ3n) is 5.55. The molecule has 2 aromatic carbocycles. The van der Waals surface area contributed by atoms with Gasteiger partial charge in [-0.3, -0.25) is 19.5 Å². The van der Waals surface area contributed by atoms with Crippen molar-refractivity contribution in [1.29, 1.82) is 0 Å². The molecule has 0 radical (unpaired) electrons. The van der Waals surface area contributed by atoms with Gasteiger partial charge in [0.1, 0.15) is 5.75 Å². The molecule has 0 unspecified atom stereocenters. The highest BCUT2D eigenvalue weighted by Crippen LogP contribution is 2.32. The maximum absolute atomic E-state index is 13.6.